The third-order valence-electron chi connectivity index (χ3n) is 4.71. The lowest BCUT2D eigenvalue weighted by Gasteiger charge is -2.49. The van der Waals surface area contributed by atoms with Crippen molar-refractivity contribution in [1.29, 1.82) is 0 Å². The molecule has 2 N–H and O–H groups in total. The Morgan fingerprint density at radius 1 is 1.32 bits per heavy atom. The first kappa shape index (κ1) is 14.8. The molecule has 1 aliphatic carbocycles. The van der Waals surface area contributed by atoms with Crippen molar-refractivity contribution < 1.29 is 0 Å². The van der Waals surface area contributed by atoms with E-state index in [1.807, 2.05) is 12.1 Å². The van der Waals surface area contributed by atoms with Crippen LogP contribution in [-0.4, -0.2) is 24.5 Å². The molecule has 0 amide bonds. The molecule has 0 saturated heterocycles. The fourth-order valence-electron chi connectivity index (χ4n) is 3.51. The van der Waals surface area contributed by atoms with Crippen molar-refractivity contribution in [3.8, 4) is 0 Å². The van der Waals surface area contributed by atoms with E-state index < -0.39 is 0 Å². The first-order valence-electron chi connectivity index (χ1n) is 7.14. The minimum atomic E-state index is 0.0440. The van der Waals surface area contributed by atoms with Crippen LogP contribution in [0.2, 0.25) is 5.02 Å². The first-order chi connectivity index (χ1) is 8.95. The lowest BCUT2D eigenvalue weighted by molar-refractivity contribution is 0.0499. The summed E-state index contributed by atoms with van der Waals surface area (Å²) >= 11 is 5.97. The molecule has 0 aliphatic heterocycles. The molecule has 0 radical (unpaired) electrons. The summed E-state index contributed by atoms with van der Waals surface area (Å²) in [5, 5.41) is 0.770. The van der Waals surface area contributed by atoms with Gasteiger partial charge in [0.1, 0.15) is 0 Å². The summed E-state index contributed by atoms with van der Waals surface area (Å²) in [6.07, 6.45) is 4.93. The normalized spacial score (nSPS) is 29.5. The van der Waals surface area contributed by atoms with Gasteiger partial charge in [-0.15, -0.1) is 0 Å². The number of hydrogen-bond donors (Lipinski definition) is 1. The van der Waals surface area contributed by atoms with Crippen molar-refractivity contribution in [2.75, 3.05) is 14.1 Å². The molecule has 1 aromatic rings. The Morgan fingerprint density at radius 3 is 2.47 bits per heavy atom. The first-order valence-corrected chi connectivity index (χ1v) is 7.52. The van der Waals surface area contributed by atoms with Crippen molar-refractivity contribution in [2.45, 2.75) is 44.2 Å². The lowest BCUT2D eigenvalue weighted by Crippen LogP contribution is -2.54. The molecular formula is C16H25ClN2. The number of nitrogens with zero attached hydrogens (tertiary/aromatic N) is 1. The quantitative estimate of drug-likeness (QED) is 0.911. The highest BCUT2D eigenvalue weighted by molar-refractivity contribution is 6.30. The number of halogens is 1. The van der Waals surface area contributed by atoms with E-state index in [4.69, 9.17) is 17.3 Å². The minimum absolute atomic E-state index is 0.0440. The molecule has 0 aromatic heterocycles. The van der Waals surface area contributed by atoms with Gasteiger partial charge in [0.15, 0.2) is 0 Å². The van der Waals surface area contributed by atoms with Crippen molar-refractivity contribution >= 4 is 11.6 Å². The van der Waals surface area contributed by atoms with Crippen molar-refractivity contribution in [2.24, 2.45) is 11.7 Å². The van der Waals surface area contributed by atoms with E-state index in [1.54, 1.807) is 0 Å². The van der Waals surface area contributed by atoms with E-state index in [9.17, 15) is 0 Å². The summed E-state index contributed by atoms with van der Waals surface area (Å²) in [5.41, 5.74) is 7.90. The second-order valence-corrected chi connectivity index (χ2v) is 6.67. The molecule has 3 heteroatoms. The summed E-state index contributed by atoms with van der Waals surface area (Å²) in [4.78, 5) is 2.34. The van der Waals surface area contributed by atoms with Crippen LogP contribution in [-0.2, 0) is 0 Å². The molecule has 1 aromatic carbocycles. The molecule has 1 saturated carbocycles. The number of hydrogen-bond acceptors (Lipinski definition) is 2. The highest BCUT2D eigenvalue weighted by atomic mass is 35.5. The fraction of sp³-hybridized carbons (Fsp3) is 0.625. The Kier molecular flexibility index (Phi) is 4.54. The Morgan fingerprint density at radius 2 is 1.95 bits per heavy atom. The third kappa shape index (κ3) is 2.96. The van der Waals surface area contributed by atoms with E-state index in [1.165, 1.54) is 31.2 Å². The van der Waals surface area contributed by atoms with E-state index in [-0.39, 0.29) is 11.6 Å². The van der Waals surface area contributed by atoms with Gasteiger partial charge in [-0.1, -0.05) is 43.5 Å². The highest BCUT2D eigenvalue weighted by Gasteiger charge is 2.42. The predicted molar refractivity (Wildman–Crippen MR) is 82.4 cm³/mol. The number of benzene rings is 1. The van der Waals surface area contributed by atoms with Crippen LogP contribution in [0.1, 0.15) is 44.2 Å². The van der Waals surface area contributed by atoms with Gasteiger partial charge in [0.05, 0.1) is 0 Å². The van der Waals surface area contributed by atoms with Gasteiger partial charge in [-0.2, -0.15) is 0 Å². The summed E-state index contributed by atoms with van der Waals surface area (Å²) in [6.45, 7) is 2.34. The van der Waals surface area contributed by atoms with Crippen LogP contribution in [0.3, 0.4) is 0 Å². The molecule has 106 valence electrons. The SMILES string of the molecule is CC1CCCC(C(N)c2ccc(Cl)cc2)(N(C)C)C1. The summed E-state index contributed by atoms with van der Waals surface area (Å²) in [5.74, 6) is 0.745. The van der Waals surface area contributed by atoms with Gasteiger partial charge >= 0.3 is 0 Å². The maximum Gasteiger partial charge on any atom is 0.0482 e. The second kappa shape index (κ2) is 5.82. The summed E-state index contributed by atoms with van der Waals surface area (Å²) in [7, 11) is 4.32. The lowest BCUT2D eigenvalue weighted by atomic mass is 9.70. The Hall–Kier alpha value is -0.570. The number of nitrogens with two attached hydrogens (primary N) is 1. The summed E-state index contributed by atoms with van der Waals surface area (Å²) < 4.78 is 0. The highest BCUT2D eigenvalue weighted by Crippen LogP contribution is 2.42. The molecule has 3 atom stereocenters. The van der Waals surface area contributed by atoms with E-state index in [0.29, 0.717) is 0 Å². The minimum Gasteiger partial charge on any atom is -0.322 e. The van der Waals surface area contributed by atoms with Gasteiger partial charge in [0.2, 0.25) is 0 Å². The Labute approximate surface area is 121 Å². The average molecular weight is 281 g/mol. The van der Waals surface area contributed by atoms with Crippen molar-refractivity contribution in [3.05, 3.63) is 34.9 Å². The van der Waals surface area contributed by atoms with Gasteiger partial charge in [-0.05, 0) is 50.6 Å². The zero-order valence-electron chi connectivity index (χ0n) is 12.2. The van der Waals surface area contributed by atoms with E-state index in [0.717, 1.165) is 10.9 Å². The van der Waals surface area contributed by atoms with E-state index in [2.05, 4.69) is 38.1 Å². The van der Waals surface area contributed by atoms with Gasteiger partial charge in [-0.25, -0.2) is 0 Å². The van der Waals surface area contributed by atoms with Crippen molar-refractivity contribution in [3.63, 3.8) is 0 Å². The van der Waals surface area contributed by atoms with Gasteiger partial charge in [0, 0.05) is 16.6 Å². The zero-order chi connectivity index (χ0) is 14.0. The van der Waals surface area contributed by atoms with Crippen LogP contribution < -0.4 is 5.73 Å². The predicted octanol–water partition coefficient (Wildman–Crippen LogP) is 3.85. The van der Waals surface area contributed by atoms with Gasteiger partial charge in [-0.3, -0.25) is 0 Å². The van der Waals surface area contributed by atoms with Crippen LogP contribution in [0.4, 0.5) is 0 Å². The topological polar surface area (TPSA) is 29.3 Å². The second-order valence-electron chi connectivity index (χ2n) is 6.23. The number of rotatable bonds is 3. The van der Waals surface area contributed by atoms with Crippen molar-refractivity contribution in [1.82, 2.24) is 4.90 Å². The Bertz CT molecular complexity index is 415. The van der Waals surface area contributed by atoms with Crippen LogP contribution in [0.5, 0.6) is 0 Å². The van der Waals surface area contributed by atoms with Crippen LogP contribution >= 0.6 is 11.6 Å². The van der Waals surface area contributed by atoms with Gasteiger partial charge < -0.3 is 10.6 Å². The molecule has 2 rings (SSSR count). The molecule has 1 fully saturated rings. The molecule has 3 unspecified atom stereocenters. The maximum atomic E-state index is 6.63. The smallest absolute Gasteiger partial charge is 0.0482 e. The average Bonchev–Trinajstić information content (AvgIpc) is 2.38. The zero-order valence-corrected chi connectivity index (χ0v) is 13.0. The summed E-state index contributed by atoms with van der Waals surface area (Å²) in [6, 6.07) is 8.05. The van der Waals surface area contributed by atoms with Crippen LogP contribution in [0, 0.1) is 5.92 Å². The molecule has 1 aliphatic rings. The van der Waals surface area contributed by atoms with Gasteiger partial charge in [0.25, 0.3) is 0 Å². The number of likely N-dealkylation sites (N-methyl/N-ethyl adjacent to an activating group) is 1. The maximum absolute atomic E-state index is 6.63. The molecule has 2 nitrogen and oxygen atoms in total. The molecular weight excluding hydrogens is 256 g/mol. The monoisotopic (exact) mass is 280 g/mol. The fourth-order valence-corrected chi connectivity index (χ4v) is 3.64. The third-order valence-corrected chi connectivity index (χ3v) is 4.96. The largest absolute Gasteiger partial charge is 0.322 e. The molecule has 0 spiro atoms. The van der Waals surface area contributed by atoms with Crippen LogP contribution in [0.25, 0.3) is 0 Å². The van der Waals surface area contributed by atoms with E-state index >= 15 is 0 Å². The molecule has 0 heterocycles. The van der Waals surface area contributed by atoms with Crippen LogP contribution in [0.15, 0.2) is 24.3 Å². The molecule has 19 heavy (non-hydrogen) atoms. The Balaban J connectivity index is 2.30. The standard InChI is InChI=1S/C16H25ClN2/c1-12-5-4-10-16(11-12,19(2)3)15(18)13-6-8-14(17)9-7-13/h6-9,12,15H,4-5,10-11,18H2,1-3H3. The molecule has 0 bridgehead atoms.